The van der Waals surface area contributed by atoms with Gasteiger partial charge in [0.05, 0.1) is 19.3 Å². The number of methoxy groups -OCH3 is 1. The quantitative estimate of drug-likeness (QED) is 0.620. The summed E-state index contributed by atoms with van der Waals surface area (Å²) in [5.74, 6) is 0.103. The van der Waals surface area contributed by atoms with E-state index >= 15 is 0 Å². The van der Waals surface area contributed by atoms with E-state index in [1.807, 2.05) is 13.8 Å². The Hall–Kier alpha value is -0.620. The van der Waals surface area contributed by atoms with Crippen LogP contribution in [0.15, 0.2) is 0 Å². The van der Waals surface area contributed by atoms with Gasteiger partial charge in [-0.05, 0) is 12.3 Å². The molecule has 0 unspecified atom stereocenters. The third-order valence-electron chi connectivity index (χ3n) is 2.49. The van der Waals surface area contributed by atoms with Crippen molar-refractivity contribution in [3.63, 3.8) is 0 Å². The molecule has 0 aromatic rings. The van der Waals surface area contributed by atoms with Crippen molar-refractivity contribution in [2.45, 2.75) is 33.6 Å². The van der Waals surface area contributed by atoms with Crippen molar-refractivity contribution < 1.29 is 17.9 Å². The van der Waals surface area contributed by atoms with Crippen LogP contribution in [-0.2, 0) is 19.6 Å². The first-order valence-corrected chi connectivity index (χ1v) is 7.49. The second kappa shape index (κ2) is 7.66. The number of sulfonamides is 1. The Labute approximate surface area is 104 Å². The number of rotatable bonds is 8. The smallest absolute Gasteiger partial charge is 0.306 e. The topological polar surface area (TPSA) is 63.7 Å². The summed E-state index contributed by atoms with van der Waals surface area (Å²) in [5, 5.41) is 0. The van der Waals surface area contributed by atoms with Crippen LogP contribution in [0.1, 0.15) is 33.6 Å². The number of hydrogen-bond donors (Lipinski definition) is 0. The molecule has 0 heterocycles. The molecule has 0 amide bonds. The van der Waals surface area contributed by atoms with Gasteiger partial charge in [-0.3, -0.25) is 4.79 Å². The van der Waals surface area contributed by atoms with Gasteiger partial charge in [-0.15, -0.1) is 0 Å². The molecule has 0 fully saturated rings. The number of ether oxygens (including phenoxy) is 1. The first-order valence-electron chi connectivity index (χ1n) is 5.88. The fourth-order valence-corrected chi connectivity index (χ4v) is 3.12. The Morgan fingerprint density at radius 1 is 1.35 bits per heavy atom. The molecule has 0 aliphatic rings. The predicted molar refractivity (Wildman–Crippen MR) is 67.1 cm³/mol. The molecule has 0 N–H and O–H groups in total. The van der Waals surface area contributed by atoms with Gasteiger partial charge in [0.1, 0.15) is 0 Å². The van der Waals surface area contributed by atoms with E-state index in [0.29, 0.717) is 18.9 Å². The monoisotopic (exact) mass is 265 g/mol. The summed E-state index contributed by atoms with van der Waals surface area (Å²) in [6, 6.07) is 0. The fraction of sp³-hybridized carbons (Fsp3) is 0.909. The fourth-order valence-electron chi connectivity index (χ4n) is 1.33. The van der Waals surface area contributed by atoms with Crippen LogP contribution < -0.4 is 0 Å². The number of carbonyl (C=O) groups excluding carboxylic acids is 1. The Morgan fingerprint density at radius 3 is 2.35 bits per heavy atom. The molecule has 17 heavy (non-hydrogen) atoms. The molecule has 0 bridgehead atoms. The second-order valence-electron chi connectivity index (χ2n) is 4.32. The molecule has 0 atom stereocenters. The lowest BCUT2D eigenvalue weighted by Gasteiger charge is -2.20. The van der Waals surface area contributed by atoms with Gasteiger partial charge in [-0.2, -0.15) is 0 Å². The third-order valence-corrected chi connectivity index (χ3v) is 4.47. The van der Waals surface area contributed by atoms with Crippen molar-refractivity contribution >= 4 is 16.0 Å². The summed E-state index contributed by atoms with van der Waals surface area (Å²) >= 11 is 0. The molecule has 0 aromatic heterocycles. The molecule has 0 saturated carbocycles. The first kappa shape index (κ1) is 16.4. The maximum Gasteiger partial charge on any atom is 0.306 e. The van der Waals surface area contributed by atoms with Crippen LogP contribution in [0.4, 0.5) is 0 Å². The van der Waals surface area contributed by atoms with E-state index < -0.39 is 10.0 Å². The molecule has 0 aliphatic heterocycles. The van der Waals surface area contributed by atoms with Gasteiger partial charge in [-0.25, -0.2) is 12.7 Å². The van der Waals surface area contributed by atoms with E-state index in [0.717, 1.165) is 0 Å². The van der Waals surface area contributed by atoms with Gasteiger partial charge in [0.2, 0.25) is 10.0 Å². The molecule has 0 radical (unpaired) electrons. The van der Waals surface area contributed by atoms with Crippen molar-refractivity contribution in [1.29, 1.82) is 0 Å². The van der Waals surface area contributed by atoms with E-state index in [2.05, 4.69) is 4.74 Å². The maximum absolute atomic E-state index is 11.9. The second-order valence-corrected chi connectivity index (χ2v) is 6.40. The van der Waals surface area contributed by atoms with E-state index in [9.17, 15) is 13.2 Å². The van der Waals surface area contributed by atoms with Crippen molar-refractivity contribution in [2.75, 3.05) is 26.0 Å². The minimum Gasteiger partial charge on any atom is -0.469 e. The van der Waals surface area contributed by atoms with Crippen LogP contribution in [0.3, 0.4) is 0 Å². The highest BCUT2D eigenvalue weighted by atomic mass is 32.2. The zero-order valence-corrected chi connectivity index (χ0v) is 11.9. The molecule has 0 aliphatic carbocycles. The maximum atomic E-state index is 11.9. The van der Waals surface area contributed by atoms with Crippen molar-refractivity contribution in [1.82, 2.24) is 4.31 Å². The average molecular weight is 265 g/mol. The van der Waals surface area contributed by atoms with Crippen molar-refractivity contribution in [2.24, 2.45) is 5.92 Å². The molecular weight excluding hydrogens is 242 g/mol. The standard InChI is InChI=1S/C11H23NO4S/c1-5-12(8-6-11(13)16-4)17(14,15)9-7-10(2)3/h10H,5-9H2,1-4H3. The molecule has 0 aromatic carbocycles. The van der Waals surface area contributed by atoms with Crippen molar-refractivity contribution in [3.8, 4) is 0 Å². The normalized spacial score (nSPS) is 12.1. The minimum absolute atomic E-state index is 0.102. The number of hydrogen-bond acceptors (Lipinski definition) is 4. The predicted octanol–water partition coefficient (Wildman–Crippen LogP) is 1.25. The van der Waals surface area contributed by atoms with E-state index in [1.165, 1.54) is 11.4 Å². The van der Waals surface area contributed by atoms with Crippen LogP contribution >= 0.6 is 0 Å². The highest BCUT2D eigenvalue weighted by Gasteiger charge is 2.21. The summed E-state index contributed by atoms with van der Waals surface area (Å²) in [5.41, 5.74) is 0. The van der Waals surface area contributed by atoms with Crippen molar-refractivity contribution in [3.05, 3.63) is 0 Å². The van der Waals surface area contributed by atoms with E-state index in [4.69, 9.17) is 0 Å². The van der Waals surface area contributed by atoms with Crippen LogP contribution in [-0.4, -0.2) is 44.6 Å². The van der Waals surface area contributed by atoms with Gasteiger partial charge in [0.25, 0.3) is 0 Å². The Morgan fingerprint density at radius 2 is 1.94 bits per heavy atom. The lowest BCUT2D eigenvalue weighted by molar-refractivity contribution is -0.140. The largest absolute Gasteiger partial charge is 0.469 e. The van der Waals surface area contributed by atoms with Gasteiger partial charge < -0.3 is 4.74 Å². The first-order chi connectivity index (χ1) is 7.83. The SMILES string of the molecule is CCN(CCC(=O)OC)S(=O)(=O)CCC(C)C. The summed E-state index contributed by atoms with van der Waals surface area (Å²) in [4.78, 5) is 11.0. The summed E-state index contributed by atoms with van der Waals surface area (Å²) < 4.78 is 29.7. The van der Waals surface area contributed by atoms with Gasteiger partial charge in [0, 0.05) is 13.1 Å². The highest BCUT2D eigenvalue weighted by Crippen LogP contribution is 2.09. The molecule has 0 rings (SSSR count). The van der Waals surface area contributed by atoms with E-state index in [1.54, 1.807) is 6.92 Å². The molecule has 6 heteroatoms. The minimum atomic E-state index is -3.25. The number of nitrogens with zero attached hydrogens (tertiary/aromatic N) is 1. The molecule has 5 nitrogen and oxygen atoms in total. The average Bonchev–Trinajstić information content (AvgIpc) is 2.26. The van der Waals surface area contributed by atoms with Crippen LogP contribution in [0.25, 0.3) is 0 Å². The Balaban J connectivity index is 4.37. The number of esters is 1. The summed E-state index contributed by atoms with van der Waals surface area (Å²) in [6.45, 7) is 6.33. The molecule has 102 valence electrons. The van der Waals surface area contributed by atoms with Crippen LogP contribution in [0.5, 0.6) is 0 Å². The zero-order valence-electron chi connectivity index (χ0n) is 11.1. The van der Waals surface area contributed by atoms with Crippen LogP contribution in [0.2, 0.25) is 0 Å². The highest BCUT2D eigenvalue weighted by molar-refractivity contribution is 7.89. The lowest BCUT2D eigenvalue weighted by atomic mass is 10.2. The van der Waals surface area contributed by atoms with Crippen LogP contribution in [0, 0.1) is 5.92 Å². The molecular formula is C11H23NO4S. The number of carbonyl (C=O) groups is 1. The molecule has 0 spiro atoms. The summed E-state index contributed by atoms with van der Waals surface area (Å²) in [6.07, 6.45) is 0.738. The molecule has 0 saturated heterocycles. The van der Waals surface area contributed by atoms with Gasteiger partial charge >= 0.3 is 5.97 Å². The zero-order chi connectivity index (χ0) is 13.5. The Kier molecular flexibility index (Phi) is 7.38. The van der Waals surface area contributed by atoms with Gasteiger partial charge in [-0.1, -0.05) is 20.8 Å². The van der Waals surface area contributed by atoms with Gasteiger partial charge in [0.15, 0.2) is 0 Å². The van der Waals surface area contributed by atoms with E-state index in [-0.39, 0.29) is 24.7 Å². The third kappa shape index (κ3) is 6.63. The Bertz CT molecular complexity index is 324. The lowest BCUT2D eigenvalue weighted by Crippen LogP contribution is -2.35. The summed E-state index contributed by atoms with van der Waals surface area (Å²) in [7, 11) is -1.95.